The number of nitrogens with one attached hydrogen (secondary N) is 1. The van der Waals surface area contributed by atoms with Crippen LogP contribution in [-0.2, 0) is 9.59 Å². The summed E-state index contributed by atoms with van der Waals surface area (Å²) in [7, 11) is 0. The van der Waals surface area contributed by atoms with Gasteiger partial charge in [-0.1, -0.05) is 37.8 Å². The zero-order valence-electron chi connectivity index (χ0n) is 15.9. The van der Waals surface area contributed by atoms with Gasteiger partial charge in [0.05, 0.1) is 12.5 Å². The molecule has 6 heteroatoms. The molecular weight excluding hydrogens is 346 g/mol. The van der Waals surface area contributed by atoms with Crippen LogP contribution >= 0.6 is 0 Å². The summed E-state index contributed by atoms with van der Waals surface area (Å²) in [5.41, 5.74) is 0.592. The van der Waals surface area contributed by atoms with E-state index >= 15 is 0 Å². The summed E-state index contributed by atoms with van der Waals surface area (Å²) in [5, 5.41) is 12.4. The van der Waals surface area contributed by atoms with E-state index in [1.807, 2.05) is 0 Å². The molecule has 0 spiro atoms. The normalized spacial score (nSPS) is 20.2. The van der Waals surface area contributed by atoms with Crippen molar-refractivity contribution >= 4 is 17.7 Å². The Labute approximate surface area is 160 Å². The molecule has 1 saturated carbocycles. The second kappa shape index (κ2) is 10.7. The van der Waals surface area contributed by atoms with Crippen LogP contribution in [0.1, 0.15) is 68.6 Å². The first-order valence-electron chi connectivity index (χ1n) is 9.73. The van der Waals surface area contributed by atoms with Crippen molar-refractivity contribution in [2.24, 2.45) is 5.92 Å². The maximum atomic E-state index is 12.2. The maximum Gasteiger partial charge on any atom is 0.308 e. The Morgan fingerprint density at radius 1 is 1.15 bits per heavy atom. The van der Waals surface area contributed by atoms with Crippen LogP contribution in [0.2, 0.25) is 0 Å². The van der Waals surface area contributed by atoms with Gasteiger partial charge in [0, 0.05) is 18.0 Å². The lowest BCUT2D eigenvalue weighted by Gasteiger charge is -2.27. The highest BCUT2D eigenvalue weighted by Gasteiger charge is 2.29. The number of carboxylic acids is 1. The molecule has 0 bridgehead atoms. The minimum atomic E-state index is -0.823. The van der Waals surface area contributed by atoms with Gasteiger partial charge in [-0.05, 0) is 38.3 Å². The van der Waals surface area contributed by atoms with Gasteiger partial charge in [0.2, 0.25) is 5.91 Å². The number of ketones is 1. The van der Waals surface area contributed by atoms with Crippen molar-refractivity contribution in [1.29, 1.82) is 0 Å². The molecule has 1 fully saturated rings. The van der Waals surface area contributed by atoms with Crippen LogP contribution in [0.4, 0.5) is 0 Å². The van der Waals surface area contributed by atoms with Crippen molar-refractivity contribution in [1.82, 2.24) is 5.32 Å². The fourth-order valence-corrected chi connectivity index (χ4v) is 3.46. The largest absolute Gasteiger partial charge is 0.494 e. The van der Waals surface area contributed by atoms with Gasteiger partial charge in [0.1, 0.15) is 5.75 Å². The number of Topliss-reactive ketones (excluding diaryl/α,β-unsaturated/α-hetero) is 1. The molecule has 0 radical (unpaired) electrons. The topological polar surface area (TPSA) is 92.7 Å². The Bertz CT molecular complexity index is 658. The molecule has 2 unspecified atom stereocenters. The molecule has 2 rings (SSSR count). The second-order valence-electron chi connectivity index (χ2n) is 7.15. The van der Waals surface area contributed by atoms with Gasteiger partial charge >= 0.3 is 5.97 Å². The molecule has 27 heavy (non-hydrogen) atoms. The number of carbonyl (C=O) groups is 3. The second-order valence-corrected chi connectivity index (χ2v) is 7.15. The number of hydrogen-bond donors (Lipinski definition) is 2. The molecule has 0 aliphatic heterocycles. The van der Waals surface area contributed by atoms with E-state index in [4.69, 9.17) is 4.74 Å². The minimum Gasteiger partial charge on any atom is -0.494 e. The quantitative estimate of drug-likeness (QED) is 0.535. The fraction of sp³-hybridized carbons (Fsp3) is 0.571. The third-order valence-electron chi connectivity index (χ3n) is 4.99. The number of ether oxygens (including phenoxy) is 1. The summed E-state index contributed by atoms with van der Waals surface area (Å²) < 4.78 is 5.61. The third-order valence-corrected chi connectivity index (χ3v) is 4.99. The zero-order chi connectivity index (χ0) is 19.6. The molecule has 1 amide bonds. The van der Waals surface area contributed by atoms with E-state index in [0.717, 1.165) is 32.1 Å². The molecule has 2 atom stereocenters. The monoisotopic (exact) mass is 375 g/mol. The van der Waals surface area contributed by atoms with Crippen molar-refractivity contribution in [2.45, 2.75) is 64.3 Å². The van der Waals surface area contributed by atoms with E-state index in [9.17, 15) is 19.5 Å². The first kappa shape index (κ1) is 20.9. The van der Waals surface area contributed by atoms with Gasteiger partial charge < -0.3 is 15.2 Å². The SMILES string of the molecule is CC(=O)c1cccc(OCCCC(=O)NC2CCCCCCC2C(=O)O)c1. The number of carboxylic acid groups (broad SMARTS) is 1. The lowest BCUT2D eigenvalue weighted by Crippen LogP contribution is -2.43. The summed E-state index contributed by atoms with van der Waals surface area (Å²) in [6.07, 6.45) is 6.15. The highest BCUT2D eigenvalue weighted by Crippen LogP contribution is 2.23. The van der Waals surface area contributed by atoms with Gasteiger partial charge in [-0.2, -0.15) is 0 Å². The molecule has 1 aliphatic rings. The Morgan fingerprint density at radius 3 is 2.59 bits per heavy atom. The molecule has 1 aliphatic carbocycles. The standard InChI is InChI=1S/C21H29NO5/c1-15(23)16-8-6-9-17(14-16)27-13-7-12-20(24)22-19-11-5-3-2-4-10-18(19)21(25)26/h6,8-9,14,18-19H,2-5,7,10-13H2,1H3,(H,22,24)(H,25,26). The first-order valence-corrected chi connectivity index (χ1v) is 9.73. The zero-order valence-corrected chi connectivity index (χ0v) is 15.9. The summed E-state index contributed by atoms with van der Waals surface area (Å²) in [5.74, 6) is -0.871. The van der Waals surface area contributed by atoms with Gasteiger partial charge in [-0.15, -0.1) is 0 Å². The van der Waals surface area contributed by atoms with E-state index < -0.39 is 11.9 Å². The molecule has 6 nitrogen and oxygen atoms in total. The Hall–Kier alpha value is -2.37. The molecule has 0 saturated heterocycles. The number of hydrogen-bond acceptors (Lipinski definition) is 4. The van der Waals surface area contributed by atoms with Gasteiger partial charge in [-0.3, -0.25) is 14.4 Å². The third kappa shape index (κ3) is 7.04. The van der Waals surface area contributed by atoms with E-state index in [0.29, 0.717) is 30.8 Å². The molecule has 2 N–H and O–H groups in total. The van der Waals surface area contributed by atoms with Crippen molar-refractivity contribution in [2.75, 3.05) is 6.61 Å². The predicted octanol–water partition coefficient (Wildman–Crippen LogP) is 3.59. The van der Waals surface area contributed by atoms with Crippen LogP contribution in [0.3, 0.4) is 0 Å². The number of benzene rings is 1. The summed E-state index contributed by atoms with van der Waals surface area (Å²) in [6, 6.07) is 6.67. The smallest absolute Gasteiger partial charge is 0.308 e. The van der Waals surface area contributed by atoms with Gasteiger partial charge in [0.25, 0.3) is 0 Å². The van der Waals surface area contributed by atoms with Crippen LogP contribution in [-0.4, -0.2) is 35.4 Å². The summed E-state index contributed by atoms with van der Waals surface area (Å²) in [4.78, 5) is 35.1. The number of amides is 1. The van der Waals surface area contributed by atoms with E-state index in [1.54, 1.807) is 24.3 Å². The van der Waals surface area contributed by atoms with Crippen molar-refractivity contribution in [3.63, 3.8) is 0 Å². The van der Waals surface area contributed by atoms with Crippen LogP contribution in [0.5, 0.6) is 5.75 Å². The van der Waals surface area contributed by atoms with Crippen molar-refractivity contribution < 1.29 is 24.2 Å². The number of rotatable bonds is 8. The first-order chi connectivity index (χ1) is 13.0. The Kier molecular flexibility index (Phi) is 8.30. The molecule has 148 valence electrons. The van der Waals surface area contributed by atoms with Gasteiger partial charge in [0.15, 0.2) is 5.78 Å². The van der Waals surface area contributed by atoms with E-state index in [-0.39, 0.29) is 24.2 Å². The van der Waals surface area contributed by atoms with Crippen molar-refractivity contribution in [3.05, 3.63) is 29.8 Å². The highest BCUT2D eigenvalue weighted by atomic mass is 16.5. The van der Waals surface area contributed by atoms with Crippen LogP contribution in [0, 0.1) is 5.92 Å². The Morgan fingerprint density at radius 2 is 1.89 bits per heavy atom. The fourth-order valence-electron chi connectivity index (χ4n) is 3.46. The highest BCUT2D eigenvalue weighted by molar-refractivity contribution is 5.94. The molecular formula is C21H29NO5. The van der Waals surface area contributed by atoms with Crippen LogP contribution in [0.15, 0.2) is 24.3 Å². The molecule has 0 aromatic heterocycles. The summed E-state index contributed by atoms with van der Waals surface area (Å²) >= 11 is 0. The van der Waals surface area contributed by atoms with Gasteiger partial charge in [-0.25, -0.2) is 0 Å². The molecule has 0 heterocycles. The number of carbonyl (C=O) groups excluding carboxylic acids is 2. The maximum absolute atomic E-state index is 12.2. The predicted molar refractivity (Wildman–Crippen MR) is 102 cm³/mol. The minimum absolute atomic E-state index is 0.0213. The van der Waals surface area contributed by atoms with Crippen LogP contribution in [0.25, 0.3) is 0 Å². The lowest BCUT2D eigenvalue weighted by atomic mass is 9.86. The average Bonchev–Trinajstić information content (AvgIpc) is 2.61. The van der Waals surface area contributed by atoms with Crippen LogP contribution < -0.4 is 10.1 Å². The Balaban J connectivity index is 1.76. The number of aliphatic carboxylic acids is 1. The molecule has 1 aromatic carbocycles. The molecule has 1 aromatic rings. The van der Waals surface area contributed by atoms with E-state index in [1.165, 1.54) is 6.92 Å². The average molecular weight is 375 g/mol. The summed E-state index contributed by atoms with van der Waals surface area (Å²) in [6.45, 7) is 1.87. The lowest BCUT2D eigenvalue weighted by molar-refractivity contribution is -0.143. The van der Waals surface area contributed by atoms with Crippen molar-refractivity contribution in [3.8, 4) is 5.75 Å². The van der Waals surface area contributed by atoms with E-state index in [2.05, 4.69) is 5.32 Å².